The van der Waals surface area contributed by atoms with Gasteiger partial charge in [-0.05, 0) is 25.1 Å². The highest BCUT2D eigenvalue weighted by molar-refractivity contribution is 7.18. The lowest BCUT2D eigenvalue weighted by Gasteiger charge is -2.46. The molecule has 0 spiro atoms. The van der Waals surface area contributed by atoms with Crippen LogP contribution in [0.15, 0.2) is 24.3 Å². The van der Waals surface area contributed by atoms with E-state index in [0.29, 0.717) is 18.5 Å². The lowest BCUT2D eigenvalue weighted by atomic mass is 9.90. The number of thiazole rings is 1. The summed E-state index contributed by atoms with van der Waals surface area (Å²) >= 11 is 1.81. The fraction of sp³-hybridized carbons (Fsp3) is 0.600. The van der Waals surface area contributed by atoms with Gasteiger partial charge < -0.3 is 10.6 Å². The molecule has 7 heteroatoms. The second kappa shape index (κ2) is 8.22. The molecular formula is C20H29N5OS. The smallest absolute Gasteiger partial charge is 0.231 e. The summed E-state index contributed by atoms with van der Waals surface area (Å²) in [6, 6.07) is 8.86. The fourth-order valence-electron chi connectivity index (χ4n) is 4.51. The number of nitrogens with zero attached hydrogens (tertiary/aromatic N) is 4. The molecule has 6 nitrogen and oxygen atoms in total. The van der Waals surface area contributed by atoms with Crippen LogP contribution >= 0.6 is 11.3 Å². The predicted octanol–water partition coefficient (Wildman–Crippen LogP) is 1.58. The van der Waals surface area contributed by atoms with E-state index in [0.717, 1.165) is 57.8 Å². The van der Waals surface area contributed by atoms with Gasteiger partial charge in [-0.25, -0.2) is 4.98 Å². The SMILES string of the molecule is CCN1CCN(C2CCN(CC(N)=O)CC2c2nc3ccccc3s2)CC1. The zero-order valence-corrected chi connectivity index (χ0v) is 16.8. The summed E-state index contributed by atoms with van der Waals surface area (Å²) in [7, 11) is 0. The lowest BCUT2D eigenvalue weighted by molar-refractivity contribution is -0.119. The number of carbonyl (C=O) groups is 1. The van der Waals surface area contributed by atoms with E-state index in [1.54, 1.807) is 11.3 Å². The number of hydrogen-bond donors (Lipinski definition) is 1. The number of likely N-dealkylation sites (tertiary alicyclic amines) is 1. The molecule has 4 rings (SSSR count). The minimum Gasteiger partial charge on any atom is -0.369 e. The number of primary amides is 1. The second-order valence-electron chi connectivity index (χ2n) is 7.65. The number of carbonyl (C=O) groups excluding carboxylic acids is 1. The van der Waals surface area contributed by atoms with E-state index < -0.39 is 0 Å². The minimum atomic E-state index is -0.243. The zero-order valence-electron chi connectivity index (χ0n) is 16.0. The molecule has 2 aliphatic heterocycles. The molecule has 3 heterocycles. The number of piperazine rings is 1. The molecule has 146 valence electrons. The van der Waals surface area contributed by atoms with Crippen LogP contribution in [0.4, 0.5) is 0 Å². The van der Waals surface area contributed by atoms with E-state index in [1.807, 2.05) is 6.07 Å². The number of benzene rings is 1. The van der Waals surface area contributed by atoms with E-state index in [4.69, 9.17) is 10.7 Å². The normalized spacial score (nSPS) is 25.8. The van der Waals surface area contributed by atoms with Crippen molar-refractivity contribution in [3.63, 3.8) is 0 Å². The summed E-state index contributed by atoms with van der Waals surface area (Å²) in [5.74, 6) is 0.0942. The molecule has 2 aliphatic rings. The van der Waals surface area contributed by atoms with Crippen molar-refractivity contribution < 1.29 is 4.79 Å². The topological polar surface area (TPSA) is 65.7 Å². The third-order valence-corrected chi connectivity index (χ3v) is 7.16. The summed E-state index contributed by atoms with van der Waals surface area (Å²) in [5, 5.41) is 1.20. The van der Waals surface area contributed by atoms with Crippen LogP contribution in [-0.2, 0) is 4.79 Å². The molecule has 1 aromatic heterocycles. The third kappa shape index (κ3) is 4.16. The largest absolute Gasteiger partial charge is 0.369 e. The average molecular weight is 388 g/mol. The first-order valence-electron chi connectivity index (χ1n) is 9.96. The van der Waals surface area contributed by atoms with Gasteiger partial charge in [0, 0.05) is 51.2 Å². The van der Waals surface area contributed by atoms with Crippen LogP contribution < -0.4 is 5.73 Å². The van der Waals surface area contributed by atoms with E-state index in [9.17, 15) is 4.79 Å². The molecule has 0 aliphatic carbocycles. The number of hydrogen-bond acceptors (Lipinski definition) is 6. The molecule has 1 aromatic carbocycles. The number of para-hydroxylation sites is 1. The van der Waals surface area contributed by atoms with E-state index >= 15 is 0 Å². The Hall–Kier alpha value is -1.54. The van der Waals surface area contributed by atoms with Crippen molar-refractivity contribution in [3.8, 4) is 0 Å². The summed E-state index contributed by atoms with van der Waals surface area (Å²) in [6.45, 7) is 10.0. The van der Waals surface area contributed by atoms with Crippen LogP contribution in [-0.4, -0.2) is 84.0 Å². The van der Waals surface area contributed by atoms with Crippen LogP contribution in [0, 0.1) is 0 Å². The number of likely N-dealkylation sites (N-methyl/N-ethyl adjacent to an activating group) is 1. The molecule has 2 N–H and O–H groups in total. The van der Waals surface area contributed by atoms with Crippen LogP contribution in [0.1, 0.15) is 24.3 Å². The predicted molar refractivity (Wildman–Crippen MR) is 110 cm³/mol. The number of aromatic nitrogens is 1. The highest BCUT2D eigenvalue weighted by atomic mass is 32.1. The zero-order chi connectivity index (χ0) is 18.8. The Morgan fingerprint density at radius 3 is 2.67 bits per heavy atom. The Morgan fingerprint density at radius 1 is 1.19 bits per heavy atom. The number of piperidine rings is 1. The minimum absolute atomic E-state index is 0.243. The van der Waals surface area contributed by atoms with Gasteiger partial charge in [-0.2, -0.15) is 0 Å². The van der Waals surface area contributed by atoms with Gasteiger partial charge in [-0.15, -0.1) is 11.3 Å². The number of amides is 1. The summed E-state index contributed by atoms with van der Waals surface area (Å²) in [5.41, 5.74) is 6.55. The molecule has 2 aromatic rings. The van der Waals surface area contributed by atoms with E-state index in [2.05, 4.69) is 39.8 Å². The maximum Gasteiger partial charge on any atom is 0.231 e. The van der Waals surface area contributed by atoms with Crippen molar-refractivity contribution in [1.82, 2.24) is 19.7 Å². The molecule has 2 fully saturated rings. The maximum atomic E-state index is 11.5. The van der Waals surface area contributed by atoms with Gasteiger partial charge in [0.25, 0.3) is 0 Å². The van der Waals surface area contributed by atoms with Gasteiger partial charge in [0.2, 0.25) is 5.91 Å². The van der Waals surface area contributed by atoms with Crippen molar-refractivity contribution in [1.29, 1.82) is 0 Å². The molecule has 2 unspecified atom stereocenters. The number of fused-ring (bicyclic) bond motifs is 1. The van der Waals surface area contributed by atoms with Gasteiger partial charge in [0.1, 0.15) is 0 Å². The van der Waals surface area contributed by atoms with E-state index in [-0.39, 0.29) is 5.91 Å². The van der Waals surface area contributed by atoms with Crippen LogP contribution in [0.3, 0.4) is 0 Å². The van der Waals surface area contributed by atoms with Crippen molar-refractivity contribution in [3.05, 3.63) is 29.3 Å². The molecule has 0 radical (unpaired) electrons. The first-order chi connectivity index (χ1) is 13.1. The highest BCUT2D eigenvalue weighted by Gasteiger charge is 2.37. The lowest BCUT2D eigenvalue weighted by Crippen LogP contribution is -2.56. The molecule has 0 saturated carbocycles. The van der Waals surface area contributed by atoms with Crippen molar-refractivity contribution >= 4 is 27.5 Å². The van der Waals surface area contributed by atoms with Crippen molar-refractivity contribution in [2.24, 2.45) is 5.73 Å². The quantitative estimate of drug-likeness (QED) is 0.844. The van der Waals surface area contributed by atoms with Gasteiger partial charge in [0.05, 0.1) is 21.8 Å². The Balaban J connectivity index is 1.58. The Labute approximate surface area is 164 Å². The summed E-state index contributed by atoms with van der Waals surface area (Å²) in [6.07, 6.45) is 1.07. The van der Waals surface area contributed by atoms with Crippen LogP contribution in [0.2, 0.25) is 0 Å². The second-order valence-corrected chi connectivity index (χ2v) is 8.72. The third-order valence-electron chi connectivity index (χ3n) is 5.99. The molecule has 1 amide bonds. The fourth-order valence-corrected chi connectivity index (χ4v) is 5.63. The summed E-state index contributed by atoms with van der Waals surface area (Å²) in [4.78, 5) is 23.8. The standard InChI is InChI=1S/C20H29N5OS/c1-2-23-9-11-25(12-10-23)17-7-8-24(14-19(21)26)13-15(17)20-22-16-5-3-4-6-18(16)27-20/h3-6,15,17H,2,7-14H2,1H3,(H2,21,26). The van der Waals surface area contributed by atoms with Gasteiger partial charge in [-0.3, -0.25) is 14.6 Å². The van der Waals surface area contributed by atoms with Gasteiger partial charge >= 0.3 is 0 Å². The highest BCUT2D eigenvalue weighted by Crippen LogP contribution is 2.35. The molecule has 2 atom stereocenters. The first kappa shape index (κ1) is 18.8. The number of nitrogens with two attached hydrogens (primary N) is 1. The van der Waals surface area contributed by atoms with E-state index in [1.165, 1.54) is 9.71 Å². The first-order valence-corrected chi connectivity index (χ1v) is 10.8. The summed E-state index contributed by atoms with van der Waals surface area (Å²) < 4.78 is 1.24. The number of rotatable bonds is 5. The Bertz CT molecular complexity index is 753. The van der Waals surface area contributed by atoms with Gasteiger partial charge in [-0.1, -0.05) is 19.1 Å². The van der Waals surface area contributed by atoms with Gasteiger partial charge in [0.15, 0.2) is 0 Å². The molecule has 0 bridgehead atoms. The monoisotopic (exact) mass is 387 g/mol. The molecule has 27 heavy (non-hydrogen) atoms. The van der Waals surface area contributed by atoms with Crippen molar-refractivity contribution in [2.75, 3.05) is 52.4 Å². The molecule has 2 saturated heterocycles. The maximum absolute atomic E-state index is 11.5. The molecular weight excluding hydrogens is 358 g/mol. The Kier molecular flexibility index (Phi) is 5.73. The van der Waals surface area contributed by atoms with Crippen molar-refractivity contribution in [2.45, 2.75) is 25.3 Å². The van der Waals surface area contributed by atoms with Crippen LogP contribution in [0.25, 0.3) is 10.2 Å². The van der Waals surface area contributed by atoms with Crippen LogP contribution in [0.5, 0.6) is 0 Å². The average Bonchev–Trinajstić information content (AvgIpc) is 3.12. The Morgan fingerprint density at radius 2 is 1.96 bits per heavy atom.